The van der Waals surface area contributed by atoms with Crippen LogP contribution < -0.4 is 0 Å². The van der Waals surface area contributed by atoms with E-state index in [1.165, 1.54) is 0 Å². The molecular formula is C10H17NO2. The van der Waals surface area contributed by atoms with E-state index in [1.54, 1.807) is 0 Å². The van der Waals surface area contributed by atoms with Gasteiger partial charge in [0.25, 0.3) is 0 Å². The van der Waals surface area contributed by atoms with Gasteiger partial charge in [-0.2, -0.15) is 0 Å². The fourth-order valence-electron chi connectivity index (χ4n) is 1.03. The number of nitrogens with zero attached hydrogens (tertiary/aromatic N) is 1. The number of aliphatic carboxylic acids is 1. The van der Waals surface area contributed by atoms with Crippen LogP contribution in [0.3, 0.4) is 0 Å². The Bertz CT molecular complexity index is 184. The Morgan fingerprint density at radius 1 is 1.54 bits per heavy atom. The summed E-state index contributed by atoms with van der Waals surface area (Å²) in [5.41, 5.74) is 0. The third kappa shape index (κ3) is 7.35. The van der Waals surface area contributed by atoms with Crippen molar-refractivity contribution in [2.45, 2.75) is 26.2 Å². The van der Waals surface area contributed by atoms with Gasteiger partial charge in [0.1, 0.15) is 0 Å². The van der Waals surface area contributed by atoms with Crippen LogP contribution in [-0.2, 0) is 4.79 Å². The summed E-state index contributed by atoms with van der Waals surface area (Å²) in [6.45, 7) is 4.10. The van der Waals surface area contributed by atoms with Crippen LogP contribution in [-0.4, -0.2) is 35.6 Å². The van der Waals surface area contributed by atoms with Gasteiger partial charge in [0.05, 0.1) is 13.0 Å². The van der Waals surface area contributed by atoms with Crippen molar-refractivity contribution in [1.29, 1.82) is 0 Å². The molecule has 0 aromatic heterocycles. The maximum atomic E-state index is 10.3. The van der Waals surface area contributed by atoms with Crippen LogP contribution in [0.15, 0.2) is 0 Å². The van der Waals surface area contributed by atoms with Gasteiger partial charge in [-0.3, -0.25) is 9.69 Å². The lowest BCUT2D eigenvalue weighted by Crippen LogP contribution is -2.27. The largest absolute Gasteiger partial charge is 0.481 e. The molecule has 0 aliphatic heterocycles. The first kappa shape index (κ1) is 12.0. The van der Waals surface area contributed by atoms with Gasteiger partial charge in [0.15, 0.2) is 0 Å². The van der Waals surface area contributed by atoms with Gasteiger partial charge in [-0.05, 0) is 13.0 Å². The number of carbonyl (C=O) groups is 1. The van der Waals surface area contributed by atoms with E-state index >= 15 is 0 Å². The van der Waals surface area contributed by atoms with Gasteiger partial charge in [-0.25, -0.2) is 0 Å². The van der Waals surface area contributed by atoms with E-state index in [-0.39, 0.29) is 6.42 Å². The van der Waals surface area contributed by atoms with Crippen molar-refractivity contribution in [3.05, 3.63) is 0 Å². The molecule has 3 heteroatoms. The highest BCUT2D eigenvalue weighted by atomic mass is 16.4. The highest BCUT2D eigenvalue weighted by Crippen LogP contribution is 1.96. The molecule has 0 fully saturated rings. The highest BCUT2D eigenvalue weighted by Gasteiger charge is 2.04. The summed E-state index contributed by atoms with van der Waals surface area (Å²) in [6.07, 6.45) is 7.52. The van der Waals surface area contributed by atoms with Crippen molar-refractivity contribution in [1.82, 2.24) is 4.90 Å². The molecule has 0 spiro atoms. The van der Waals surface area contributed by atoms with Crippen LogP contribution in [0.4, 0.5) is 0 Å². The summed E-state index contributed by atoms with van der Waals surface area (Å²) in [5.74, 6) is 1.77. The Morgan fingerprint density at radius 2 is 2.23 bits per heavy atom. The first-order valence-electron chi connectivity index (χ1n) is 4.58. The maximum absolute atomic E-state index is 10.3. The summed E-state index contributed by atoms with van der Waals surface area (Å²) in [5, 5.41) is 8.48. The number of terminal acetylenes is 1. The van der Waals surface area contributed by atoms with Crippen LogP contribution in [0.2, 0.25) is 0 Å². The number of carboxylic acid groups (broad SMARTS) is 1. The first-order valence-corrected chi connectivity index (χ1v) is 4.58. The minimum absolute atomic E-state index is 0.172. The molecule has 74 valence electrons. The molecule has 0 saturated carbocycles. The van der Waals surface area contributed by atoms with Crippen LogP contribution in [0.1, 0.15) is 26.2 Å². The molecule has 0 unspecified atom stereocenters. The summed E-state index contributed by atoms with van der Waals surface area (Å²) >= 11 is 0. The summed E-state index contributed by atoms with van der Waals surface area (Å²) < 4.78 is 0. The lowest BCUT2D eigenvalue weighted by atomic mass is 10.3. The molecule has 0 bridgehead atoms. The molecule has 0 rings (SSSR count). The van der Waals surface area contributed by atoms with E-state index in [1.807, 2.05) is 4.90 Å². The van der Waals surface area contributed by atoms with Crippen molar-refractivity contribution in [3.63, 3.8) is 0 Å². The van der Waals surface area contributed by atoms with Gasteiger partial charge < -0.3 is 5.11 Å². The average Bonchev–Trinajstić information content (AvgIpc) is 2.09. The molecule has 1 N–H and O–H groups in total. The number of unbranched alkanes of at least 4 members (excludes halogenated alkanes) is 1. The molecule has 0 atom stereocenters. The van der Waals surface area contributed by atoms with Gasteiger partial charge in [-0.1, -0.05) is 19.3 Å². The van der Waals surface area contributed by atoms with Gasteiger partial charge in [0, 0.05) is 6.54 Å². The molecule has 13 heavy (non-hydrogen) atoms. The molecule has 0 aromatic carbocycles. The molecule has 0 saturated heterocycles. The minimum Gasteiger partial charge on any atom is -0.481 e. The second-order valence-corrected chi connectivity index (χ2v) is 2.98. The fourth-order valence-corrected chi connectivity index (χ4v) is 1.03. The SMILES string of the molecule is C#CCN(CCCC)CCC(=O)O. The Balaban J connectivity index is 3.67. The summed E-state index contributed by atoms with van der Waals surface area (Å²) in [7, 11) is 0. The topological polar surface area (TPSA) is 40.5 Å². The zero-order valence-corrected chi connectivity index (χ0v) is 8.12. The predicted molar refractivity (Wildman–Crippen MR) is 52.4 cm³/mol. The van der Waals surface area contributed by atoms with Crippen molar-refractivity contribution < 1.29 is 9.90 Å². The summed E-state index contributed by atoms with van der Waals surface area (Å²) in [6, 6.07) is 0. The Morgan fingerprint density at radius 3 is 2.69 bits per heavy atom. The minimum atomic E-state index is -0.765. The number of carboxylic acids is 1. The molecular weight excluding hydrogens is 166 g/mol. The smallest absolute Gasteiger partial charge is 0.304 e. The normalized spacial score (nSPS) is 9.92. The number of hydrogen-bond acceptors (Lipinski definition) is 2. The second-order valence-electron chi connectivity index (χ2n) is 2.98. The maximum Gasteiger partial charge on any atom is 0.304 e. The van der Waals surface area contributed by atoms with E-state index in [9.17, 15) is 4.79 Å². The summed E-state index contributed by atoms with van der Waals surface area (Å²) in [4.78, 5) is 12.3. The lowest BCUT2D eigenvalue weighted by molar-refractivity contribution is -0.137. The zero-order valence-electron chi connectivity index (χ0n) is 8.12. The van der Waals surface area contributed by atoms with Crippen molar-refractivity contribution >= 4 is 5.97 Å². The molecule has 0 heterocycles. The quantitative estimate of drug-likeness (QED) is 0.603. The van der Waals surface area contributed by atoms with Gasteiger partial charge >= 0.3 is 5.97 Å². The molecule has 0 amide bonds. The number of hydrogen-bond donors (Lipinski definition) is 1. The van der Waals surface area contributed by atoms with E-state index in [2.05, 4.69) is 12.8 Å². The second kappa shape index (κ2) is 7.63. The Hall–Kier alpha value is -1.01. The van der Waals surface area contributed by atoms with Crippen molar-refractivity contribution in [2.24, 2.45) is 0 Å². The van der Waals surface area contributed by atoms with Crippen LogP contribution in [0.5, 0.6) is 0 Å². The molecule has 0 aliphatic rings. The van der Waals surface area contributed by atoms with E-state index in [0.29, 0.717) is 13.1 Å². The van der Waals surface area contributed by atoms with Gasteiger partial charge in [0.2, 0.25) is 0 Å². The standard InChI is InChI=1S/C10H17NO2/c1-3-5-8-11(7-4-2)9-6-10(12)13/h2H,3,5-9H2,1H3,(H,12,13). The van der Waals surface area contributed by atoms with E-state index < -0.39 is 5.97 Å². The monoisotopic (exact) mass is 183 g/mol. The Labute approximate surface area is 79.7 Å². The molecule has 0 aliphatic carbocycles. The fraction of sp³-hybridized carbons (Fsp3) is 0.700. The zero-order chi connectivity index (χ0) is 10.1. The molecule has 0 aromatic rings. The molecule has 0 radical (unpaired) electrons. The average molecular weight is 183 g/mol. The highest BCUT2D eigenvalue weighted by molar-refractivity contribution is 5.66. The van der Waals surface area contributed by atoms with E-state index in [0.717, 1.165) is 19.4 Å². The Kier molecular flexibility index (Phi) is 7.04. The van der Waals surface area contributed by atoms with Crippen LogP contribution in [0, 0.1) is 12.3 Å². The van der Waals surface area contributed by atoms with E-state index in [4.69, 9.17) is 11.5 Å². The van der Waals surface area contributed by atoms with Crippen LogP contribution >= 0.6 is 0 Å². The van der Waals surface area contributed by atoms with Gasteiger partial charge in [-0.15, -0.1) is 6.42 Å². The van der Waals surface area contributed by atoms with Crippen molar-refractivity contribution in [3.8, 4) is 12.3 Å². The first-order chi connectivity index (χ1) is 6.20. The third-order valence-electron chi connectivity index (χ3n) is 1.78. The van der Waals surface area contributed by atoms with Crippen LogP contribution in [0.25, 0.3) is 0 Å². The lowest BCUT2D eigenvalue weighted by Gasteiger charge is -2.17. The predicted octanol–water partition coefficient (Wildman–Crippen LogP) is 1.20. The number of rotatable bonds is 7. The molecule has 3 nitrogen and oxygen atoms in total. The van der Waals surface area contributed by atoms with Crippen molar-refractivity contribution in [2.75, 3.05) is 19.6 Å². The third-order valence-corrected chi connectivity index (χ3v) is 1.78.